The zero-order valence-electron chi connectivity index (χ0n) is 14.1. The molecule has 1 aliphatic rings. The molecule has 2 atom stereocenters. The first-order chi connectivity index (χ1) is 10.8. The third-order valence-corrected chi connectivity index (χ3v) is 3.97. The predicted molar refractivity (Wildman–Crippen MR) is 92.5 cm³/mol. The molecule has 0 spiro atoms. The first-order valence-corrected chi connectivity index (χ1v) is 8.44. The average Bonchev–Trinajstić information content (AvgIpc) is 3.26. The minimum atomic E-state index is 0.505. The van der Waals surface area contributed by atoms with Gasteiger partial charge in [-0.15, -0.1) is 0 Å². The van der Waals surface area contributed by atoms with Crippen LogP contribution in [0.5, 0.6) is 0 Å². The summed E-state index contributed by atoms with van der Waals surface area (Å²) in [4.78, 5) is 4.63. The maximum Gasteiger partial charge on any atom is 0.191 e. The largest absolute Gasteiger partial charge is 0.382 e. The van der Waals surface area contributed by atoms with Gasteiger partial charge in [0.15, 0.2) is 5.96 Å². The van der Waals surface area contributed by atoms with Crippen molar-refractivity contribution in [3.63, 3.8) is 0 Å². The van der Waals surface area contributed by atoms with Crippen molar-refractivity contribution in [2.24, 2.45) is 4.99 Å². The minimum Gasteiger partial charge on any atom is -0.382 e. The molecule has 0 aromatic heterocycles. The number of nitrogens with one attached hydrogen (secondary N) is 2. The van der Waals surface area contributed by atoms with Crippen LogP contribution in [0, 0.1) is 6.92 Å². The van der Waals surface area contributed by atoms with Crippen molar-refractivity contribution in [3.8, 4) is 0 Å². The maximum absolute atomic E-state index is 5.35. The number of rotatable bonds is 8. The topological polar surface area (TPSA) is 45.7 Å². The number of aliphatic imine (C=N–C) groups is 1. The highest BCUT2D eigenvalue weighted by Gasteiger charge is 2.39. The highest BCUT2D eigenvalue weighted by atomic mass is 16.5. The number of hydrogen-bond donors (Lipinski definition) is 2. The Morgan fingerprint density at radius 2 is 2.14 bits per heavy atom. The van der Waals surface area contributed by atoms with Gasteiger partial charge in [-0.1, -0.05) is 24.3 Å². The number of aryl methyl sites for hydroxylation is 1. The van der Waals surface area contributed by atoms with Crippen LogP contribution in [0.2, 0.25) is 0 Å². The van der Waals surface area contributed by atoms with Crippen LogP contribution in [0.3, 0.4) is 0 Å². The van der Waals surface area contributed by atoms with Gasteiger partial charge in [-0.05, 0) is 44.7 Å². The number of guanidine groups is 1. The van der Waals surface area contributed by atoms with E-state index in [9.17, 15) is 0 Å². The van der Waals surface area contributed by atoms with Crippen LogP contribution in [0.4, 0.5) is 0 Å². The van der Waals surface area contributed by atoms with E-state index >= 15 is 0 Å². The van der Waals surface area contributed by atoms with E-state index in [1.807, 2.05) is 6.92 Å². The van der Waals surface area contributed by atoms with E-state index < -0.39 is 0 Å². The summed E-state index contributed by atoms with van der Waals surface area (Å²) in [7, 11) is 0. The van der Waals surface area contributed by atoms with E-state index in [-0.39, 0.29) is 0 Å². The Labute approximate surface area is 134 Å². The maximum atomic E-state index is 5.35. The van der Waals surface area contributed by atoms with Gasteiger partial charge in [-0.2, -0.15) is 0 Å². The summed E-state index contributed by atoms with van der Waals surface area (Å²) in [5, 5.41) is 6.89. The molecule has 0 aliphatic heterocycles. The smallest absolute Gasteiger partial charge is 0.191 e. The van der Waals surface area contributed by atoms with Crippen molar-refractivity contribution in [2.75, 3.05) is 26.3 Å². The third-order valence-electron chi connectivity index (χ3n) is 3.97. The van der Waals surface area contributed by atoms with Crippen LogP contribution in [-0.4, -0.2) is 38.3 Å². The fourth-order valence-corrected chi connectivity index (χ4v) is 2.70. The van der Waals surface area contributed by atoms with Crippen molar-refractivity contribution in [1.82, 2.24) is 10.6 Å². The van der Waals surface area contributed by atoms with Crippen LogP contribution in [-0.2, 0) is 4.74 Å². The third kappa shape index (κ3) is 5.02. The molecule has 122 valence electrons. The fourth-order valence-electron chi connectivity index (χ4n) is 2.70. The van der Waals surface area contributed by atoms with Crippen LogP contribution in [0.15, 0.2) is 29.3 Å². The zero-order chi connectivity index (χ0) is 15.8. The average molecular weight is 303 g/mol. The predicted octanol–water partition coefficient (Wildman–Crippen LogP) is 2.83. The van der Waals surface area contributed by atoms with E-state index in [1.165, 1.54) is 17.5 Å². The van der Waals surface area contributed by atoms with Crippen molar-refractivity contribution in [3.05, 3.63) is 35.4 Å². The van der Waals surface area contributed by atoms with Crippen molar-refractivity contribution in [2.45, 2.75) is 45.6 Å². The van der Waals surface area contributed by atoms with Gasteiger partial charge in [-0.25, -0.2) is 0 Å². The van der Waals surface area contributed by atoms with Crippen LogP contribution in [0.1, 0.15) is 43.7 Å². The molecule has 4 nitrogen and oxygen atoms in total. The molecule has 4 heteroatoms. The minimum absolute atomic E-state index is 0.505. The standard InChI is InChI=1S/C18H29N3O/c1-4-19-18(20-11-8-12-22-5-2)21-17-13-16(17)15-10-7-6-9-14(15)3/h6-7,9-10,16-17H,4-5,8,11-13H2,1-3H3,(H2,19,20,21). The van der Waals surface area contributed by atoms with Gasteiger partial charge in [0.05, 0.1) is 0 Å². The Morgan fingerprint density at radius 3 is 2.86 bits per heavy atom. The lowest BCUT2D eigenvalue weighted by Gasteiger charge is -2.12. The lowest BCUT2D eigenvalue weighted by Crippen LogP contribution is -2.39. The fraction of sp³-hybridized carbons (Fsp3) is 0.611. The molecule has 1 saturated carbocycles. The second kappa shape index (κ2) is 8.79. The van der Waals surface area contributed by atoms with Crippen LogP contribution < -0.4 is 10.6 Å². The highest BCUT2D eigenvalue weighted by molar-refractivity contribution is 5.80. The van der Waals surface area contributed by atoms with Crippen LogP contribution in [0.25, 0.3) is 0 Å². The molecule has 0 heterocycles. The van der Waals surface area contributed by atoms with Gasteiger partial charge in [-0.3, -0.25) is 4.99 Å². The van der Waals surface area contributed by atoms with E-state index in [2.05, 4.69) is 53.7 Å². The number of ether oxygens (including phenoxy) is 1. The SMILES string of the molecule is CCNC(=NCCCOCC)NC1CC1c1ccccc1C. The summed E-state index contributed by atoms with van der Waals surface area (Å²) in [6, 6.07) is 9.18. The summed E-state index contributed by atoms with van der Waals surface area (Å²) in [5.41, 5.74) is 2.85. The van der Waals surface area contributed by atoms with Gasteiger partial charge < -0.3 is 15.4 Å². The van der Waals surface area contributed by atoms with Gasteiger partial charge in [0.1, 0.15) is 0 Å². The molecular weight excluding hydrogens is 274 g/mol. The second-order valence-electron chi connectivity index (χ2n) is 5.76. The van der Waals surface area contributed by atoms with Gasteiger partial charge >= 0.3 is 0 Å². The Bertz CT molecular complexity index is 487. The first-order valence-electron chi connectivity index (χ1n) is 8.44. The molecule has 2 unspecified atom stereocenters. The Hall–Kier alpha value is -1.55. The molecule has 1 aromatic carbocycles. The number of nitrogens with zero attached hydrogens (tertiary/aromatic N) is 1. The molecule has 0 radical (unpaired) electrons. The molecule has 1 aromatic rings. The zero-order valence-corrected chi connectivity index (χ0v) is 14.1. The van der Waals surface area contributed by atoms with E-state index in [1.54, 1.807) is 0 Å². The van der Waals surface area contributed by atoms with E-state index in [0.717, 1.165) is 38.7 Å². The molecule has 2 N–H and O–H groups in total. The highest BCUT2D eigenvalue weighted by Crippen LogP contribution is 2.41. The first kappa shape index (κ1) is 16.8. The van der Waals surface area contributed by atoms with Crippen molar-refractivity contribution >= 4 is 5.96 Å². The molecule has 0 amide bonds. The Morgan fingerprint density at radius 1 is 1.32 bits per heavy atom. The summed E-state index contributed by atoms with van der Waals surface area (Å²) < 4.78 is 5.35. The Balaban J connectivity index is 1.82. The molecule has 2 rings (SSSR count). The molecule has 1 aliphatic carbocycles. The van der Waals surface area contributed by atoms with E-state index in [4.69, 9.17) is 4.74 Å². The van der Waals surface area contributed by atoms with Gasteiger partial charge in [0.25, 0.3) is 0 Å². The molecule has 0 saturated heterocycles. The summed E-state index contributed by atoms with van der Waals surface area (Å²) in [6.45, 7) is 9.57. The van der Waals surface area contributed by atoms with Crippen molar-refractivity contribution in [1.29, 1.82) is 0 Å². The molecular formula is C18H29N3O. The monoisotopic (exact) mass is 303 g/mol. The number of benzene rings is 1. The molecule has 22 heavy (non-hydrogen) atoms. The summed E-state index contributed by atoms with van der Waals surface area (Å²) in [6.07, 6.45) is 2.16. The normalized spacial score (nSPS) is 20.8. The van der Waals surface area contributed by atoms with Crippen LogP contribution >= 0.6 is 0 Å². The van der Waals surface area contributed by atoms with Gasteiger partial charge in [0, 0.05) is 38.3 Å². The summed E-state index contributed by atoms with van der Waals surface area (Å²) in [5.74, 6) is 1.55. The number of hydrogen-bond acceptors (Lipinski definition) is 2. The molecule has 0 bridgehead atoms. The lowest BCUT2D eigenvalue weighted by atomic mass is 10.0. The molecule has 1 fully saturated rings. The second-order valence-corrected chi connectivity index (χ2v) is 5.76. The van der Waals surface area contributed by atoms with Crippen molar-refractivity contribution < 1.29 is 4.74 Å². The summed E-state index contributed by atoms with van der Waals surface area (Å²) >= 11 is 0. The lowest BCUT2D eigenvalue weighted by molar-refractivity contribution is 0.146. The Kier molecular flexibility index (Phi) is 6.72. The van der Waals surface area contributed by atoms with E-state index in [0.29, 0.717) is 12.0 Å². The van der Waals surface area contributed by atoms with Gasteiger partial charge in [0.2, 0.25) is 0 Å². The quantitative estimate of drug-likeness (QED) is 0.441.